The molecule has 2 heterocycles. The first-order valence-electron chi connectivity index (χ1n) is 12.6. The highest BCUT2D eigenvalue weighted by Crippen LogP contribution is 2.42. The lowest BCUT2D eigenvalue weighted by Crippen LogP contribution is -2.46. The molecular weight excluding hydrogens is 480 g/mol. The molecule has 1 aliphatic carbocycles. The number of aliphatic imine (C=N–C) groups is 1. The average Bonchev–Trinajstić information content (AvgIpc) is 3.52. The minimum Gasteiger partial charge on any atom is -0.439 e. The van der Waals surface area contributed by atoms with E-state index in [0.717, 1.165) is 25.7 Å². The Labute approximate surface area is 212 Å². The van der Waals surface area contributed by atoms with Crippen molar-refractivity contribution in [3.63, 3.8) is 0 Å². The second-order valence-electron chi connectivity index (χ2n) is 10.0. The Morgan fingerprint density at radius 3 is 2.56 bits per heavy atom. The number of hydrogen-bond acceptors (Lipinski definition) is 7. The molecular formula is C26H34N4O5S. The van der Waals surface area contributed by atoms with Gasteiger partial charge in [0.15, 0.2) is 0 Å². The van der Waals surface area contributed by atoms with E-state index in [1.165, 1.54) is 6.07 Å². The number of fused-ring (bicyclic) bond motifs is 1. The number of oxazole rings is 1. The third kappa shape index (κ3) is 5.23. The highest BCUT2D eigenvalue weighted by Gasteiger charge is 2.38. The molecule has 2 N–H and O–H groups in total. The number of aromatic nitrogens is 1. The Balaban J connectivity index is 1.62. The second kappa shape index (κ2) is 10.2. The highest BCUT2D eigenvalue weighted by atomic mass is 32.2. The number of ketones is 1. The van der Waals surface area contributed by atoms with Crippen LogP contribution in [-0.2, 0) is 21.2 Å². The lowest BCUT2D eigenvalue weighted by Gasteiger charge is -2.28. The Hall–Kier alpha value is -3.01. The third-order valence-electron chi connectivity index (χ3n) is 7.23. The van der Waals surface area contributed by atoms with E-state index in [4.69, 9.17) is 4.42 Å². The summed E-state index contributed by atoms with van der Waals surface area (Å²) in [6, 6.07) is 4.88. The van der Waals surface area contributed by atoms with E-state index in [-0.39, 0.29) is 27.8 Å². The number of Topliss-reactive ketones (excluding diaryl/α,β-unsaturated/α-hetero) is 1. The normalized spacial score (nSPS) is 20.5. The van der Waals surface area contributed by atoms with Gasteiger partial charge in [0.05, 0.1) is 16.6 Å². The summed E-state index contributed by atoms with van der Waals surface area (Å²) >= 11 is 0. The minimum absolute atomic E-state index is 0.0143. The molecule has 0 unspecified atom stereocenters. The first-order chi connectivity index (χ1) is 17.1. The van der Waals surface area contributed by atoms with Crippen molar-refractivity contribution in [2.75, 3.05) is 0 Å². The Morgan fingerprint density at radius 2 is 1.92 bits per heavy atom. The minimum atomic E-state index is -3.74. The van der Waals surface area contributed by atoms with Crippen LogP contribution in [-0.4, -0.2) is 43.0 Å². The van der Waals surface area contributed by atoms with Crippen molar-refractivity contribution in [3.8, 4) is 0 Å². The molecule has 0 spiro atoms. The van der Waals surface area contributed by atoms with E-state index in [2.05, 4.69) is 26.9 Å². The van der Waals surface area contributed by atoms with Crippen molar-refractivity contribution in [1.82, 2.24) is 15.0 Å². The van der Waals surface area contributed by atoms with Crippen molar-refractivity contribution in [2.24, 2.45) is 10.4 Å². The monoisotopic (exact) mass is 514 g/mol. The van der Waals surface area contributed by atoms with Crippen LogP contribution in [0.2, 0.25) is 0 Å². The number of nitrogens with one attached hydrogen (secondary N) is 2. The summed E-state index contributed by atoms with van der Waals surface area (Å²) in [4.78, 5) is 35.8. The van der Waals surface area contributed by atoms with Crippen LogP contribution in [0.25, 0.3) is 0 Å². The van der Waals surface area contributed by atoms with E-state index >= 15 is 0 Å². The van der Waals surface area contributed by atoms with Crippen molar-refractivity contribution in [3.05, 3.63) is 47.2 Å². The molecule has 1 aliphatic heterocycles. The molecule has 2 aliphatic rings. The number of amides is 1. The van der Waals surface area contributed by atoms with E-state index in [9.17, 15) is 18.0 Å². The Bertz CT molecular complexity index is 1290. The number of benzene rings is 1. The summed E-state index contributed by atoms with van der Waals surface area (Å²) in [7, 11) is -3.74. The molecule has 1 aromatic heterocycles. The van der Waals surface area contributed by atoms with Crippen LogP contribution >= 0.6 is 0 Å². The predicted molar refractivity (Wildman–Crippen MR) is 135 cm³/mol. The highest BCUT2D eigenvalue weighted by molar-refractivity contribution is 7.90. The molecule has 1 saturated carbocycles. The first kappa shape index (κ1) is 26.1. The molecule has 10 heteroatoms. The number of rotatable bonds is 9. The van der Waals surface area contributed by atoms with E-state index in [1.807, 2.05) is 6.92 Å². The molecule has 4 rings (SSSR count). The summed E-state index contributed by atoms with van der Waals surface area (Å²) in [5, 5.41) is 2.85. The van der Waals surface area contributed by atoms with Crippen LogP contribution in [0.3, 0.4) is 0 Å². The summed E-state index contributed by atoms with van der Waals surface area (Å²) in [6.07, 6.45) is 5.54. The van der Waals surface area contributed by atoms with Crippen LogP contribution in [0, 0.1) is 12.3 Å². The van der Waals surface area contributed by atoms with Gasteiger partial charge in [0.2, 0.25) is 11.7 Å². The SMILES string of the molecule is CCc1nc(C(=O)[C@H](CC)NC(=O)[C@H](CC2(C)CCCC2)N=C2NS(=O)(=O)c3ccccc32)oc1C. The number of hydrogen-bond donors (Lipinski definition) is 2. The standard InChI is InChI=1S/C26H34N4O5S/c1-5-18-16(3)35-25(29-18)22(31)19(6-2)28-24(32)20(15-26(4)13-9-10-14-26)27-23-17-11-7-8-12-21(17)36(33,34)30-23/h7-8,11-12,19-20H,5-6,9-10,13-15H2,1-4H3,(H,27,30)(H,28,32)/t19-,20-/m0/s1. The van der Waals surface area contributed by atoms with Gasteiger partial charge in [-0.05, 0) is 56.6 Å². The maximum Gasteiger partial charge on any atom is 0.265 e. The van der Waals surface area contributed by atoms with Crippen LogP contribution in [0.4, 0.5) is 0 Å². The fraction of sp³-hybridized carbons (Fsp3) is 0.538. The largest absolute Gasteiger partial charge is 0.439 e. The number of carbonyl (C=O) groups excluding carboxylic acids is 2. The van der Waals surface area contributed by atoms with Crippen molar-refractivity contribution in [1.29, 1.82) is 0 Å². The molecule has 2 aromatic rings. The van der Waals surface area contributed by atoms with Gasteiger partial charge in [-0.25, -0.2) is 13.4 Å². The zero-order valence-corrected chi connectivity index (χ0v) is 22.1. The third-order valence-corrected chi connectivity index (χ3v) is 8.62. The molecule has 0 bridgehead atoms. The fourth-order valence-electron chi connectivity index (χ4n) is 5.11. The number of amidine groups is 1. The zero-order valence-electron chi connectivity index (χ0n) is 21.3. The van der Waals surface area contributed by atoms with Crippen molar-refractivity contribution in [2.45, 2.75) is 89.6 Å². The first-order valence-corrected chi connectivity index (χ1v) is 14.1. The molecule has 0 radical (unpaired) electrons. The zero-order chi connectivity index (χ0) is 26.1. The van der Waals surface area contributed by atoms with E-state index < -0.39 is 28.0 Å². The van der Waals surface area contributed by atoms with Crippen LogP contribution in [0.15, 0.2) is 38.6 Å². The van der Waals surface area contributed by atoms with E-state index in [1.54, 1.807) is 32.0 Å². The number of carbonyl (C=O) groups is 2. The van der Waals surface area contributed by atoms with Crippen molar-refractivity contribution >= 4 is 27.5 Å². The molecule has 9 nitrogen and oxygen atoms in total. The number of aryl methyl sites for hydroxylation is 2. The number of sulfonamides is 1. The summed E-state index contributed by atoms with van der Waals surface area (Å²) < 4.78 is 33.3. The molecule has 2 atom stereocenters. The molecule has 1 amide bonds. The predicted octanol–water partition coefficient (Wildman–Crippen LogP) is 3.70. The fourth-order valence-corrected chi connectivity index (χ4v) is 6.35. The smallest absolute Gasteiger partial charge is 0.265 e. The topological polar surface area (TPSA) is 131 Å². The van der Waals surface area contributed by atoms with Gasteiger partial charge in [-0.1, -0.05) is 45.7 Å². The van der Waals surface area contributed by atoms with Gasteiger partial charge in [0, 0.05) is 5.56 Å². The lowest BCUT2D eigenvalue weighted by atomic mass is 9.82. The lowest BCUT2D eigenvalue weighted by molar-refractivity contribution is -0.123. The van der Waals surface area contributed by atoms with Gasteiger partial charge in [-0.15, -0.1) is 0 Å². The van der Waals surface area contributed by atoms with Gasteiger partial charge >= 0.3 is 0 Å². The maximum absolute atomic E-state index is 13.6. The van der Waals surface area contributed by atoms with Crippen LogP contribution in [0.1, 0.15) is 87.0 Å². The van der Waals surface area contributed by atoms with Gasteiger partial charge < -0.3 is 9.73 Å². The average molecular weight is 515 g/mol. The van der Waals surface area contributed by atoms with Crippen molar-refractivity contribution < 1.29 is 22.4 Å². The summed E-state index contributed by atoms with van der Waals surface area (Å²) in [6.45, 7) is 7.63. The van der Waals surface area contributed by atoms with Crippen LogP contribution < -0.4 is 10.0 Å². The number of nitrogens with zero attached hydrogens (tertiary/aromatic N) is 2. The van der Waals surface area contributed by atoms with Gasteiger partial charge in [0.1, 0.15) is 17.6 Å². The quantitative estimate of drug-likeness (QED) is 0.491. The second-order valence-corrected chi connectivity index (χ2v) is 11.7. The van der Waals surface area contributed by atoms with E-state index in [0.29, 0.717) is 36.3 Å². The van der Waals surface area contributed by atoms with Gasteiger partial charge in [-0.3, -0.25) is 19.3 Å². The maximum atomic E-state index is 13.6. The molecule has 194 valence electrons. The Kier molecular flexibility index (Phi) is 7.36. The molecule has 36 heavy (non-hydrogen) atoms. The molecule has 1 fully saturated rings. The summed E-state index contributed by atoms with van der Waals surface area (Å²) in [5.74, 6) is -0.0766. The molecule has 0 saturated heterocycles. The van der Waals surface area contributed by atoms with Gasteiger partial charge in [-0.2, -0.15) is 0 Å². The summed E-state index contributed by atoms with van der Waals surface area (Å²) in [5.41, 5.74) is 1.06. The Morgan fingerprint density at radius 1 is 1.22 bits per heavy atom. The molecule has 1 aromatic carbocycles. The van der Waals surface area contributed by atoms with Gasteiger partial charge in [0.25, 0.3) is 15.9 Å². The van der Waals surface area contributed by atoms with Crippen LogP contribution in [0.5, 0.6) is 0 Å².